The van der Waals surface area contributed by atoms with Gasteiger partial charge in [0.25, 0.3) is 0 Å². The Balaban J connectivity index is 1.72. The highest BCUT2D eigenvalue weighted by molar-refractivity contribution is 7.15. The zero-order chi connectivity index (χ0) is 22.0. The van der Waals surface area contributed by atoms with E-state index in [9.17, 15) is 28.6 Å². The maximum atomic E-state index is 14.0. The third kappa shape index (κ3) is 4.68. The van der Waals surface area contributed by atoms with Gasteiger partial charge in [0.15, 0.2) is 0 Å². The Kier molecular flexibility index (Phi) is 6.52. The number of carbonyl (C=O) groups is 2. The molecular weight excluding hydrogens is 438 g/mol. The number of phenols is 1. The number of aryl methyl sites for hydroxylation is 2. The fraction of sp³-hybridized carbons (Fsp3) is 0.250. The van der Waals surface area contributed by atoms with E-state index < -0.39 is 28.9 Å². The first-order valence-corrected chi connectivity index (χ1v) is 10.2. The van der Waals surface area contributed by atoms with Gasteiger partial charge in [0.05, 0.1) is 11.1 Å². The van der Waals surface area contributed by atoms with Crippen LogP contribution < -0.4 is 0 Å². The van der Waals surface area contributed by atoms with Gasteiger partial charge < -0.3 is 14.8 Å². The molecule has 0 amide bonds. The highest BCUT2D eigenvalue weighted by Gasteiger charge is 2.21. The number of aromatic carboxylic acids is 1. The molecule has 30 heavy (non-hydrogen) atoms. The summed E-state index contributed by atoms with van der Waals surface area (Å²) in [7, 11) is 0. The minimum atomic E-state index is -1.10. The van der Waals surface area contributed by atoms with Crippen LogP contribution in [0.2, 0.25) is 5.15 Å². The zero-order valence-electron chi connectivity index (χ0n) is 15.8. The van der Waals surface area contributed by atoms with Gasteiger partial charge >= 0.3 is 5.97 Å². The molecule has 0 unspecified atom stereocenters. The number of benzene rings is 1. The summed E-state index contributed by atoms with van der Waals surface area (Å²) in [5.41, 5.74) is 0.115. The van der Waals surface area contributed by atoms with Gasteiger partial charge in [0, 0.05) is 48.8 Å². The second kappa shape index (κ2) is 8.93. The van der Waals surface area contributed by atoms with E-state index in [1.54, 1.807) is 10.8 Å². The fourth-order valence-corrected chi connectivity index (χ4v) is 4.33. The lowest BCUT2D eigenvalue weighted by Gasteiger charge is -2.02. The minimum absolute atomic E-state index is 0.00522. The maximum absolute atomic E-state index is 14.0. The molecule has 0 fully saturated rings. The van der Waals surface area contributed by atoms with Gasteiger partial charge in [-0.2, -0.15) is 0 Å². The molecule has 0 saturated carbocycles. The summed E-state index contributed by atoms with van der Waals surface area (Å²) in [6, 6.07) is 1.55. The van der Waals surface area contributed by atoms with Crippen LogP contribution in [0.3, 0.4) is 0 Å². The van der Waals surface area contributed by atoms with Crippen molar-refractivity contribution in [1.82, 2.24) is 9.55 Å². The number of ketones is 1. The number of halogens is 3. The molecule has 0 aliphatic carbocycles. The number of aromatic nitrogens is 2. The molecule has 0 aliphatic heterocycles. The summed E-state index contributed by atoms with van der Waals surface area (Å²) in [4.78, 5) is 28.2. The average molecular weight is 455 g/mol. The number of carbonyl (C=O) groups excluding carboxylic acids is 1. The summed E-state index contributed by atoms with van der Waals surface area (Å²) in [5.74, 6) is -3.78. The second-order valence-corrected chi connectivity index (χ2v) is 8.01. The van der Waals surface area contributed by atoms with Crippen molar-refractivity contribution in [2.24, 2.45) is 0 Å². The van der Waals surface area contributed by atoms with E-state index in [0.29, 0.717) is 17.0 Å². The van der Waals surface area contributed by atoms with Gasteiger partial charge in [-0.25, -0.2) is 18.6 Å². The highest BCUT2D eigenvalue weighted by Crippen LogP contribution is 2.36. The van der Waals surface area contributed by atoms with E-state index in [-0.39, 0.29) is 40.8 Å². The number of thiazole rings is 1. The molecule has 158 valence electrons. The van der Waals surface area contributed by atoms with Gasteiger partial charge in [-0.3, -0.25) is 4.79 Å². The molecule has 0 aliphatic rings. The van der Waals surface area contributed by atoms with Gasteiger partial charge in [0.1, 0.15) is 33.3 Å². The molecule has 2 heterocycles. The zero-order valence-corrected chi connectivity index (χ0v) is 17.4. The maximum Gasteiger partial charge on any atom is 0.337 e. The first-order chi connectivity index (χ1) is 14.2. The van der Waals surface area contributed by atoms with Gasteiger partial charge in [-0.05, 0) is 18.9 Å². The lowest BCUT2D eigenvalue weighted by molar-refractivity contribution is -0.118. The first kappa shape index (κ1) is 21.9. The van der Waals surface area contributed by atoms with Crippen LogP contribution in [-0.4, -0.2) is 31.5 Å². The van der Waals surface area contributed by atoms with Crippen LogP contribution in [0.5, 0.6) is 5.75 Å². The molecule has 0 spiro atoms. The molecule has 3 rings (SSSR count). The number of carboxylic acids is 1. The predicted octanol–water partition coefficient (Wildman–Crippen LogP) is 4.71. The number of aromatic hydroxyl groups is 1. The van der Waals surface area contributed by atoms with Crippen LogP contribution in [-0.2, 0) is 24.2 Å². The third-order valence-electron chi connectivity index (χ3n) is 4.47. The number of hydrogen-bond acceptors (Lipinski definition) is 5. The molecule has 0 atom stereocenters. The van der Waals surface area contributed by atoms with Crippen LogP contribution >= 0.6 is 22.9 Å². The average Bonchev–Trinajstić information content (AvgIpc) is 3.22. The standard InChI is InChI=1S/C20H17ClF2N2O4S/c1-2-25-8-10(13(9-25)20(28)29)5-11(26)3-4-16-18(21)24-19(30-16)17-14(22)6-12(27)7-15(17)23/h6-9,27H,2-5H2,1H3,(H,28,29). The van der Waals surface area contributed by atoms with Crippen molar-refractivity contribution in [3.8, 4) is 16.3 Å². The Morgan fingerprint density at radius 2 is 1.90 bits per heavy atom. The lowest BCUT2D eigenvalue weighted by atomic mass is 10.0. The summed E-state index contributed by atoms with van der Waals surface area (Å²) in [5, 5.41) is 18.6. The first-order valence-electron chi connectivity index (χ1n) is 8.96. The van der Waals surface area contributed by atoms with Crippen LogP contribution in [0.25, 0.3) is 10.6 Å². The van der Waals surface area contributed by atoms with E-state index in [2.05, 4.69) is 4.98 Å². The quantitative estimate of drug-likeness (QED) is 0.514. The van der Waals surface area contributed by atoms with E-state index in [4.69, 9.17) is 11.6 Å². The van der Waals surface area contributed by atoms with Crippen molar-refractivity contribution in [3.63, 3.8) is 0 Å². The minimum Gasteiger partial charge on any atom is -0.508 e. The molecule has 0 radical (unpaired) electrons. The molecule has 2 aromatic heterocycles. The Hall–Kier alpha value is -2.78. The predicted molar refractivity (Wildman–Crippen MR) is 108 cm³/mol. The number of nitrogens with zero attached hydrogens (tertiary/aromatic N) is 2. The highest BCUT2D eigenvalue weighted by atomic mass is 35.5. The molecule has 0 saturated heterocycles. The summed E-state index contributed by atoms with van der Waals surface area (Å²) < 4.78 is 29.8. The van der Waals surface area contributed by atoms with Crippen molar-refractivity contribution < 1.29 is 28.6 Å². The van der Waals surface area contributed by atoms with Crippen LogP contribution in [0, 0.1) is 11.6 Å². The van der Waals surface area contributed by atoms with Gasteiger partial charge in [-0.1, -0.05) is 11.6 Å². The van der Waals surface area contributed by atoms with Crippen LogP contribution in [0.15, 0.2) is 24.5 Å². The molecule has 1 aromatic carbocycles. The molecular formula is C20H17ClF2N2O4S. The summed E-state index contributed by atoms with van der Waals surface area (Å²) >= 11 is 7.03. The van der Waals surface area contributed by atoms with Crippen LogP contribution in [0.4, 0.5) is 8.78 Å². The fourth-order valence-electron chi connectivity index (χ4n) is 2.98. The van der Waals surface area contributed by atoms with Crippen LogP contribution in [0.1, 0.15) is 34.1 Å². The summed E-state index contributed by atoms with van der Waals surface area (Å²) in [6.07, 6.45) is 3.35. The van der Waals surface area contributed by atoms with Crippen molar-refractivity contribution in [3.05, 3.63) is 57.3 Å². The van der Waals surface area contributed by atoms with E-state index in [1.165, 1.54) is 6.20 Å². The van der Waals surface area contributed by atoms with Crippen molar-refractivity contribution in [2.45, 2.75) is 32.7 Å². The Bertz CT molecular complexity index is 1100. The number of rotatable bonds is 8. The van der Waals surface area contributed by atoms with E-state index in [0.717, 1.165) is 23.5 Å². The monoisotopic (exact) mass is 454 g/mol. The number of Topliss-reactive ketones (excluding diaryl/α,β-unsaturated/α-hetero) is 1. The Labute approximate surface area is 179 Å². The molecule has 2 N–H and O–H groups in total. The third-order valence-corrected chi connectivity index (χ3v) is 6.02. The molecule has 6 nitrogen and oxygen atoms in total. The Morgan fingerprint density at radius 1 is 1.23 bits per heavy atom. The van der Waals surface area contributed by atoms with Crippen molar-refractivity contribution in [2.75, 3.05) is 0 Å². The number of hydrogen-bond donors (Lipinski definition) is 2. The van der Waals surface area contributed by atoms with Crippen molar-refractivity contribution in [1.29, 1.82) is 0 Å². The van der Waals surface area contributed by atoms with Gasteiger partial charge in [-0.15, -0.1) is 11.3 Å². The largest absolute Gasteiger partial charge is 0.508 e. The SMILES string of the molecule is CCn1cc(CC(=O)CCc2sc(-c3c(F)cc(O)cc3F)nc2Cl)c(C(=O)O)c1. The summed E-state index contributed by atoms with van der Waals surface area (Å²) in [6.45, 7) is 2.44. The van der Waals surface area contributed by atoms with E-state index >= 15 is 0 Å². The lowest BCUT2D eigenvalue weighted by Crippen LogP contribution is -2.07. The number of phenolic OH excluding ortho intramolecular Hbond substituents is 1. The van der Waals surface area contributed by atoms with E-state index in [1.807, 2.05) is 6.92 Å². The topological polar surface area (TPSA) is 92.4 Å². The van der Waals surface area contributed by atoms with Crippen molar-refractivity contribution >= 4 is 34.7 Å². The molecule has 10 heteroatoms. The smallest absolute Gasteiger partial charge is 0.337 e. The van der Waals surface area contributed by atoms with Gasteiger partial charge in [0.2, 0.25) is 0 Å². The molecule has 3 aromatic rings. The second-order valence-electron chi connectivity index (χ2n) is 6.57. The molecule has 0 bridgehead atoms. The Morgan fingerprint density at radius 3 is 2.50 bits per heavy atom. The number of carboxylic acid groups (broad SMARTS) is 1. The normalized spacial score (nSPS) is 11.1.